The van der Waals surface area contributed by atoms with Crippen LogP contribution in [0.4, 0.5) is 5.82 Å². The quantitative estimate of drug-likeness (QED) is 0.208. The normalized spacial score (nSPS) is 16.6. The second-order valence-corrected chi connectivity index (χ2v) is 10.6. The van der Waals surface area contributed by atoms with E-state index in [-0.39, 0.29) is 0 Å². The maximum absolute atomic E-state index is 9.41. The average molecular weight is 543 g/mol. The zero-order chi connectivity index (χ0) is 28.8. The van der Waals surface area contributed by atoms with Crippen LogP contribution < -0.4 is 5.73 Å². The van der Waals surface area contributed by atoms with Crippen LogP contribution in [0.3, 0.4) is 0 Å². The van der Waals surface area contributed by atoms with Crippen molar-refractivity contribution in [1.82, 2.24) is 14.9 Å². The number of nitrogen functional groups attached to an aromatic ring is 1. The number of hydrogen-bond donors (Lipinski definition) is 2. The summed E-state index contributed by atoms with van der Waals surface area (Å²) in [5, 5.41) is 18.3. The first-order valence-electron chi connectivity index (χ1n) is 14.8. The van der Waals surface area contributed by atoms with Crippen LogP contribution in [-0.2, 0) is 12.8 Å². The molecule has 1 saturated heterocycles. The van der Waals surface area contributed by atoms with Crippen LogP contribution in [0.2, 0.25) is 0 Å². The van der Waals surface area contributed by atoms with E-state index in [9.17, 15) is 5.26 Å². The third-order valence-corrected chi connectivity index (χ3v) is 8.25. The van der Waals surface area contributed by atoms with Gasteiger partial charge in [-0.3, -0.25) is 10.4 Å². The Morgan fingerprint density at radius 3 is 2.34 bits per heavy atom. The standard InChI is InChI=1S/C33H32N6.C2H6/c34-20-27-4-3-15-37-32(27)24-8-6-23(7-9-24)31(35)30-19-28(21-38-33(30)36)26-10-5-22-11-13-29(14-12-25(22)18-26)39-16-1-2-17-39;1-2/h3-10,15,18-19,21,29,35H,1-2,11-14,16-17H2,(H2,36,38);1-2H3. The highest BCUT2D eigenvalue weighted by molar-refractivity contribution is 6.14. The van der Waals surface area contributed by atoms with Crippen molar-refractivity contribution in [2.45, 2.75) is 58.4 Å². The van der Waals surface area contributed by atoms with Gasteiger partial charge in [-0.25, -0.2) is 4.98 Å². The van der Waals surface area contributed by atoms with Crippen molar-refractivity contribution < 1.29 is 0 Å². The summed E-state index contributed by atoms with van der Waals surface area (Å²) in [5.41, 5.74) is 14.9. The molecule has 0 bridgehead atoms. The smallest absolute Gasteiger partial charge is 0.132 e. The van der Waals surface area contributed by atoms with E-state index in [4.69, 9.17) is 11.1 Å². The Morgan fingerprint density at radius 2 is 1.61 bits per heavy atom. The second-order valence-electron chi connectivity index (χ2n) is 10.6. The van der Waals surface area contributed by atoms with Crippen LogP contribution in [0, 0.1) is 16.7 Å². The molecule has 1 fully saturated rings. The molecule has 0 saturated carbocycles. The van der Waals surface area contributed by atoms with E-state index in [1.807, 2.05) is 50.4 Å². The third-order valence-electron chi connectivity index (χ3n) is 8.25. The summed E-state index contributed by atoms with van der Waals surface area (Å²) < 4.78 is 0. The van der Waals surface area contributed by atoms with E-state index in [0.717, 1.165) is 35.1 Å². The van der Waals surface area contributed by atoms with Crippen LogP contribution in [-0.4, -0.2) is 39.7 Å². The van der Waals surface area contributed by atoms with Gasteiger partial charge in [0.05, 0.1) is 17.0 Å². The van der Waals surface area contributed by atoms with Gasteiger partial charge in [0.25, 0.3) is 0 Å². The van der Waals surface area contributed by atoms with E-state index in [0.29, 0.717) is 34.4 Å². The molecular formula is C35H38N6. The minimum absolute atomic E-state index is 0.318. The first-order chi connectivity index (χ1) is 20.1. The Bertz CT molecular complexity index is 1560. The van der Waals surface area contributed by atoms with Gasteiger partial charge in [0.15, 0.2) is 0 Å². The summed E-state index contributed by atoms with van der Waals surface area (Å²) in [4.78, 5) is 11.5. The number of anilines is 1. The lowest BCUT2D eigenvalue weighted by Gasteiger charge is -2.26. The molecule has 1 aliphatic carbocycles. The number of likely N-dealkylation sites (tertiary alicyclic amines) is 1. The molecule has 1 atom stereocenters. The lowest BCUT2D eigenvalue weighted by molar-refractivity contribution is 0.222. The number of nitriles is 1. The fourth-order valence-electron chi connectivity index (χ4n) is 6.05. The molecule has 6 rings (SSSR count). The molecule has 6 heteroatoms. The van der Waals surface area contributed by atoms with Gasteiger partial charge in [-0.2, -0.15) is 5.26 Å². The molecule has 6 nitrogen and oxygen atoms in total. The Labute approximate surface area is 243 Å². The van der Waals surface area contributed by atoms with Crippen molar-refractivity contribution in [2.24, 2.45) is 0 Å². The number of pyridine rings is 2. The highest BCUT2D eigenvalue weighted by Gasteiger charge is 2.24. The fourth-order valence-corrected chi connectivity index (χ4v) is 6.05. The summed E-state index contributed by atoms with van der Waals surface area (Å²) in [5.74, 6) is 0.340. The van der Waals surface area contributed by atoms with Crippen molar-refractivity contribution in [1.29, 1.82) is 10.7 Å². The molecule has 208 valence electrons. The first kappa shape index (κ1) is 28.2. The number of aryl methyl sites for hydroxylation is 2. The Balaban J connectivity index is 0.00000165. The molecule has 0 spiro atoms. The third kappa shape index (κ3) is 6.06. The fraction of sp³-hybridized carbons (Fsp3) is 0.314. The van der Waals surface area contributed by atoms with E-state index in [1.54, 1.807) is 18.3 Å². The van der Waals surface area contributed by atoms with Crippen molar-refractivity contribution in [3.8, 4) is 28.5 Å². The van der Waals surface area contributed by atoms with Gasteiger partial charge >= 0.3 is 0 Å². The van der Waals surface area contributed by atoms with Gasteiger partial charge in [-0.1, -0.05) is 56.3 Å². The van der Waals surface area contributed by atoms with Gasteiger partial charge in [0.1, 0.15) is 11.9 Å². The van der Waals surface area contributed by atoms with Crippen molar-refractivity contribution in [3.05, 3.63) is 101 Å². The molecule has 4 aromatic rings. The molecule has 1 unspecified atom stereocenters. The van der Waals surface area contributed by atoms with Crippen LogP contribution in [0.25, 0.3) is 22.4 Å². The predicted molar refractivity (Wildman–Crippen MR) is 167 cm³/mol. The summed E-state index contributed by atoms with van der Waals surface area (Å²) in [6.45, 7) is 6.51. The van der Waals surface area contributed by atoms with Gasteiger partial charge in [0.2, 0.25) is 0 Å². The zero-order valence-corrected chi connectivity index (χ0v) is 24.0. The lowest BCUT2D eigenvalue weighted by atomic mass is 9.95. The van der Waals surface area contributed by atoms with Gasteiger partial charge in [-0.05, 0) is 86.5 Å². The summed E-state index contributed by atoms with van der Waals surface area (Å²) in [6.07, 6.45) is 10.9. The van der Waals surface area contributed by atoms with Crippen molar-refractivity contribution in [2.75, 3.05) is 18.8 Å². The van der Waals surface area contributed by atoms with Gasteiger partial charge in [-0.15, -0.1) is 0 Å². The molecule has 0 amide bonds. The summed E-state index contributed by atoms with van der Waals surface area (Å²) in [6, 6.07) is 22.7. The molecule has 1 aliphatic heterocycles. The van der Waals surface area contributed by atoms with Crippen LogP contribution >= 0.6 is 0 Å². The second kappa shape index (κ2) is 12.9. The van der Waals surface area contributed by atoms with Crippen LogP contribution in [0.5, 0.6) is 0 Å². The topological polar surface area (TPSA) is 103 Å². The van der Waals surface area contributed by atoms with Crippen molar-refractivity contribution >= 4 is 11.5 Å². The van der Waals surface area contributed by atoms with Gasteiger partial charge in [0, 0.05) is 40.7 Å². The highest BCUT2D eigenvalue weighted by atomic mass is 15.2. The highest BCUT2D eigenvalue weighted by Crippen LogP contribution is 2.31. The number of fused-ring (bicyclic) bond motifs is 1. The molecular weight excluding hydrogens is 504 g/mol. The van der Waals surface area contributed by atoms with E-state index in [2.05, 4.69) is 39.1 Å². The number of nitrogens with one attached hydrogen (secondary N) is 1. The van der Waals surface area contributed by atoms with E-state index >= 15 is 0 Å². The maximum Gasteiger partial charge on any atom is 0.132 e. The Morgan fingerprint density at radius 1 is 0.902 bits per heavy atom. The largest absolute Gasteiger partial charge is 0.383 e. The molecule has 3 heterocycles. The molecule has 41 heavy (non-hydrogen) atoms. The number of nitrogens with two attached hydrogens (primary N) is 1. The molecule has 2 aromatic carbocycles. The number of hydrogen-bond acceptors (Lipinski definition) is 6. The zero-order valence-electron chi connectivity index (χ0n) is 24.0. The number of rotatable bonds is 5. The van der Waals surface area contributed by atoms with E-state index < -0.39 is 0 Å². The maximum atomic E-state index is 9.41. The van der Waals surface area contributed by atoms with Gasteiger partial charge < -0.3 is 10.6 Å². The average Bonchev–Trinajstić information content (AvgIpc) is 3.49. The molecule has 0 radical (unpaired) electrons. The monoisotopic (exact) mass is 542 g/mol. The Hall–Kier alpha value is -4.34. The number of nitrogens with zero attached hydrogens (tertiary/aromatic N) is 4. The van der Waals surface area contributed by atoms with Crippen molar-refractivity contribution in [3.63, 3.8) is 0 Å². The minimum atomic E-state index is 0.318. The lowest BCUT2D eigenvalue weighted by Crippen LogP contribution is -2.32. The Kier molecular flexibility index (Phi) is 8.86. The SMILES string of the molecule is CC.N#Cc1cccnc1-c1ccc(C(=N)c2cc(-c3ccc4c(c3)CCC(N3CCCC3)CC4)cnc2N)cc1. The van der Waals surface area contributed by atoms with Crippen LogP contribution in [0.15, 0.2) is 73.1 Å². The molecule has 2 aromatic heterocycles. The number of aromatic nitrogens is 2. The number of benzene rings is 2. The van der Waals surface area contributed by atoms with Crippen LogP contribution in [0.1, 0.15) is 67.3 Å². The first-order valence-corrected chi connectivity index (χ1v) is 14.8. The summed E-state index contributed by atoms with van der Waals surface area (Å²) in [7, 11) is 0. The molecule has 3 N–H and O–H groups in total. The summed E-state index contributed by atoms with van der Waals surface area (Å²) >= 11 is 0. The molecule has 2 aliphatic rings. The predicted octanol–water partition coefficient (Wildman–Crippen LogP) is 7.05. The van der Waals surface area contributed by atoms with E-state index in [1.165, 1.54) is 49.9 Å². The minimum Gasteiger partial charge on any atom is -0.383 e.